The number of anilines is 2. The number of halogens is 4. The summed E-state index contributed by atoms with van der Waals surface area (Å²) in [5.41, 5.74) is -0.509. The van der Waals surface area contributed by atoms with Crippen LogP contribution < -0.4 is 16.0 Å². The molecule has 1 unspecified atom stereocenters. The van der Waals surface area contributed by atoms with Crippen molar-refractivity contribution in [3.05, 3.63) is 46.6 Å². The maximum atomic E-state index is 13.2. The average molecular weight is 374 g/mol. The van der Waals surface area contributed by atoms with Gasteiger partial charge < -0.3 is 10.6 Å². The van der Waals surface area contributed by atoms with E-state index in [4.69, 9.17) is 11.6 Å². The molecule has 0 aliphatic heterocycles. The van der Waals surface area contributed by atoms with E-state index in [1.165, 1.54) is 7.05 Å². The summed E-state index contributed by atoms with van der Waals surface area (Å²) in [5.74, 6) is -0.745. The second kappa shape index (κ2) is 7.56. The van der Waals surface area contributed by atoms with Gasteiger partial charge in [-0.25, -0.2) is 9.78 Å². The van der Waals surface area contributed by atoms with Crippen LogP contribution in [0.15, 0.2) is 30.3 Å². The summed E-state index contributed by atoms with van der Waals surface area (Å²) in [7, 11) is 1.31. The molecule has 0 bridgehead atoms. The van der Waals surface area contributed by atoms with Gasteiger partial charge in [-0.2, -0.15) is 18.2 Å². The first-order chi connectivity index (χ1) is 11.7. The Balaban J connectivity index is 2.41. The van der Waals surface area contributed by atoms with Gasteiger partial charge >= 0.3 is 12.2 Å². The molecule has 0 saturated carbocycles. The first-order valence-corrected chi connectivity index (χ1v) is 7.55. The second-order valence-corrected chi connectivity index (χ2v) is 5.41. The van der Waals surface area contributed by atoms with Gasteiger partial charge in [-0.3, -0.25) is 5.32 Å². The summed E-state index contributed by atoms with van der Waals surface area (Å²) in [4.78, 5) is 18.5. The van der Waals surface area contributed by atoms with Crippen molar-refractivity contribution in [2.24, 2.45) is 0 Å². The van der Waals surface area contributed by atoms with Crippen LogP contribution in [-0.2, 0) is 6.18 Å². The Bertz CT molecular complexity index is 755. The fourth-order valence-corrected chi connectivity index (χ4v) is 2.23. The van der Waals surface area contributed by atoms with Crippen molar-refractivity contribution in [3.63, 3.8) is 0 Å². The fourth-order valence-electron chi connectivity index (χ4n) is 1.98. The molecular formula is C15H15ClF3N5O. The van der Waals surface area contributed by atoms with Gasteiger partial charge in [0.15, 0.2) is 11.5 Å². The first kappa shape index (κ1) is 18.8. The number of benzene rings is 1. The number of nitrogens with zero attached hydrogens (tertiary/aromatic N) is 2. The van der Waals surface area contributed by atoms with Gasteiger partial charge in [0.25, 0.3) is 0 Å². The highest BCUT2D eigenvalue weighted by Gasteiger charge is 2.37. The number of aromatic nitrogens is 2. The summed E-state index contributed by atoms with van der Waals surface area (Å²) in [6.07, 6.45) is -4.80. The lowest BCUT2D eigenvalue weighted by Gasteiger charge is -2.18. The third-order valence-corrected chi connectivity index (χ3v) is 3.58. The van der Waals surface area contributed by atoms with Crippen LogP contribution in [0.5, 0.6) is 0 Å². The van der Waals surface area contributed by atoms with E-state index in [0.29, 0.717) is 0 Å². The molecule has 0 spiro atoms. The maximum absolute atomic E-state index is 13.2. The van der Waals surface area contributed by atoms with E-state index in [0.717, 1.165) is 5.56 Å². The number of urea groups is 1. The molecule has 134 valence electrons. The Morgan fingerprint density at radius 2 is 1.84 bits per heavy atom. The predicted octanol–water partition coefficient (Wildman–Crippen LogP) is 4.07. The minimum absolute atomic E-state index is 0.230. The molecule has 0 radical (unpaired) electrons. The topological polar surface area (TPSA) is 78.9 Å². The summed E-state index contributed by atoms with van der Waals surface area (Å²) in [6.45, 7) is 1.74. The molecular weight excluding hydrogens is 359 g/mol. The number of carbonyl (C=O) groups excluding carboxylic acids is 1. The van der Waals surface area contributed by atoms with Gasteiger partial charge in [0.1, 0.15) is 5.02 Å². The molecule has 2 aromatic rings. The molecule has 0 aliphatic rings. The molecule has 2 amide bonds. The number of hydrogen-bond donors (Lipinski definition) is 3. The van der Waals surface area contributed by atoms with Crippen molar-refractivity contribution in [1.29, 1.82) is 0 Å². The number of hydrogen-bond acceptors (Lipinski definition) is 4. The van der Waals surface area contributed by atoms with Crippen LogP contribution in [0.1, 0.15) is 24.2 Å². The van der Waals surface area contributed by atoms with Crippen molar-refractivity contribution < 1.29 is 18.0 Å². The number of nitrogens with one attached hydrogen (secondary N) is 3. The molecule has 25 heavy (non-hydrogen) atoms. The quantitative estimate of drug-likeness (QED) is 0.754. The third kappa shape index (κ3) is 4.72. The van der Waals surface area contributed by atoms with E-state index in [2.05, 4.69) is 25.9 Å². The maximum Gasteiger partial charge on any atom is 0.435 e. The summed E-state index contributed by atoms with van der Waals surface area (Å²) in [5, 5.41) is 6.47. The fraction of sp³-hybridized carbons (Fsp3) is 0.267. The van der Waals surface area contributed by atoms with Gasteiger partial charge in [-0.15, -0.1) is 0 Å². The number of rotatable bonds is 4. The van der Waals surface area contributed by atoms with Crippen molar-refractivity contribution in [1.82, 2.24) is 15.3 Å². The smallest absolute Gasteiger partial charge is 0.362 e. The lowest BCUT2D eigenvalue weighted by molar-refractivity contribution is -0.141. The molecule has 1 atom stereocenters. The van der Waals surface area contributed by atoms with E-state index in [9.17, 15) is 18.0 Å². The Hall–Kier alpha value is -2.55. The van der Waals surface area contributed by atoms with Crippen LogP contribution in [0.25, 0.3) is 0 Å². The second-order valence-electron chi connectivity index (χ2n) is 5.04. The first-order valence-electron chi connectivity index (χ1n) is 7.17. The number of amides is 2. The summed E-state index contributed by atoms with van der Waals surface area (Å²) < 4.78 is 39.5. The number of carbonyl (C=O) groups is 1. The van der Waals surface area contributed by atoms with E-state index in [1.54, 1.807) is 31.2 Å². The molecule has 3 N–H and O–H groups in total. The molecule has 0 saturated heterocycles. The normalized spacial score (nSPS) is 12.4. The molecule has 10 heteroatoms. The highest BCUT2D eigenvalue weighted by molar-refractivity contribution is 6.33. The Morgan fingerprint density at radius 3 is 2.40 bits per heavy atom. The third-order valence-electron chi connectivity index (χ3n) is 3.22. The molecule has 1 aromatic carbocycles. The molecule has 1 aromatic heterocycles. The molecule has 2 rings (SSSR count). The van der Waals surface area contributed by atoms with Crippen LogP contribution in [-0.4, -0.2) is 23.0 Å². The molecule has 0 aliphatic carbocycles. The SMILES string of the molecule is CNC(=O)Nc1nc(NC(C)c2ccccc2)c(Cl)c(C(F)(F)F)n1. The minimum Gasteiger partial charge on any atom is -0.362 e. The van der Waals surface area contributed by atoms with Crippen LogP contribution >= 0.6 is 11.6 Å². The van der Waals surface area contributed by atoms with Crippen molar-refractivity contribution in [2.75, 3.05) is 17.7 Å². The molecule has 0 fully saturated rings. The zero-order chi connectivity index (χ0) is 18.6. The number of alkyl halides is 3. The lowest BCUT2D eigenvalue weighted by atomic mass is 10.1. The van der Waals surface area contributed by atoms with Gasteiger partial charge in [-0.1, -0.05) is 41.9 Å². The van der Waals surface area contributed by atoms with Gasteiger partial charge in [0.05, 0.1) is 0 Å². The zero-order valence-corrected chi connectivity index (χ0v) is 14.0. The minimum atomic E-state index is -4.80. The Labute approximate surface area is 146 Å². The lowest BCUT2D eigenvalue weighted by Crippen LogP contribution is -2.26. The van der Waals surface area contributed by atoms with E-state index < -0.39 is 28.9 Å². The van der Waals surface area contributed by atoms with Crippen LogP contribution in [0.2, 0.25) is 5.02 Å². The summed E-state index contributed by atoms with van der Waals surface area (Å²) >= 11 is 5.83. The highest BCUT2D eigenvalue weighted by atomic mass is 35.5. The average Bonchev–Trinajstić information content (AvgIpc) is 2.57. The standard InChI is InChI=1S/C15H15ClF3N5O/c1-8(9-6-4-3-5-7-9)21-12-10(16)11(15(17,18)19)22-13(23-12)24-14(25)20-2/h3-8H,1-2H3,(H3,20,21,22,23,24,25). The monoisotopic (exact) mass is 373 g/mol. The Kier molecular flexibility index (Phi) is 5.68. The van der Waals surface area contributed by atoms with E-state index in [1.807, 2.05) is 6.07 Å². The van der Waals surface area contributed by atoms with Crippen molar-refractivity contribution in [3.8, 4) is 0 Å². The van der Waals surface area contributed by atoms with Crippen LogP contribution in [0.4, 0.5) is 29.7 Å². The Morgan fingerprint density at radius 1 is 1.20 bits per heavy atom. The van der Waals surface area contributed by atoms with Gasteiger partial charge in [0, 0.05) is 13.1 Å². The van der Waals surface area contributed by atoms with E-state index in [-0.39, 0.29) is 11.9 Å². The predicted molar refractivity (Wildman–Crippen MR) is 88.6 cm³/mol. The van der Waals surface area contributed by atoms with Crippen molar-refractivity contribution in [2.45, 2.75) is 19.1 Å². The molecule has 1 heterocycles. The highest BCUT2D eigenvalue weighted by Crippen LogP contribution is 2.37. The van der Waals surface area contributed by atoms with E-state index >= 15 is 0 Å². The molecule has 6 nitrogen and oxygen atoms in total. The zero-order valence-electron chi connectivity index (χ0n) is 13.3. The largest absolute Gasteiger partial charge is 0.435 e. The van der Waals surface area contributed by atoms with Crippen LogP contribution in [0, 0.1) is 0 Å². The summed E-state index contributed by atoms with van der Waals surface area (Å²) in [6, 6.07) is 7.91. The van der Waals surface area contributed by atoms with Gasteiger partial charge in [-0.05, 0) is 12.5 Å². The van der Waals surface area contributed by atoms with Crippen LogP contribution in [0.3, 0.4) is 0 Å². The van der Waals surface area contributed by atoms with Gasteiger partial charge in [0.2, 0.25) is 5.95 Å². The van der Waals surface area contributed by atoms with Crippen molar-refractivity contribution >= 4 is 29.4 Å².